The molecule has 30 heavy (non-hydrogen) atoms. The minimum absolute atomic E-state index is 0.0238. The molecule has 9 N–H and O–H groups in total. The van der Waals surface area contributed by atoms with Crippen molar-refractivity contribution in [3.05, 3.63) is 18.2 Å². The monoisotopic (exact) mass is 443 g/mol. The van der Waals surface area contributed by atoms with Crippen LogP contribution in [0.3, 0.4) is 0 Å². The standard InChI is InChI=1S/C16H25N7O6S/c17-9(6-30)14(27)22-10(1-2-12(18)24)16(29)23-11(3-8-4-19-7-21-8)15(28)20-5-13(25)26/h4,7,9-11,30H,1-3,5-6,17H2,(H2,18,24)(H,19,21)(H,20,28)(H,22,27)(H,23,29)(H,25,26). The second kappa shape index (κ2) is 12.4. The maximum Gasteiger partial charge on any atom is 0.322 e. The second-order valence-corrected chi connectivity index (χ2v) is 6.67. The second-order valence-electron chi connectivity index (χ2n) is 6.31. The Bertz CT molecular complexity index is 757. The van der Waals surface area contributed by atoms with E-state index in [-0.39, 0.29) is 25.0 Å². The van der Waals surface area contributed by atoms with Gasteiger partial charge in [0.15, 0.2) is 0 Å². The Labute approximate surface area is 177 Å². The van der Waals surface area contributed by atoms with Crippen LogP contribution >= 0.6 is 12.6 Å². The maximum atomic E-state index is 12.7. The van der Waals surface area contributed by atoms with Gasteiger partial charge in [-0.25, -0.2) is 4.98 Å². The number of thiol groups is 1. The van der Waals surface area contributed by atoms with E-state index in [1.54, 1.807) is 0 Å². The number of nitrogens with one attached hydrogen (secondary N) is 4. The minimum atomic E-state index is -1.26. The Kier molecular flexibility index (Phi) is 10.3. The van der Waals surface area contributed by atoms with Gasteiger partial charge in [-0.1, -0.05) is 0 Å². The molecular formula is C16H25N7O6S. The molecule has 0 aliphatic heterocycles. The molecule has 0 aliphatic rings. The molecule has 14 heteroatoms. The van der Waals surface area contributed by atoms with Gasteiger partial charge in [0.2, 0.25) is 23.6 Å². The van der Waals surface area contributed by atoms with Crippen LogP contribution in [0.1, 0.15) is 18.5 Å². The molecule has 0 saturated carbocycles. The summed E-state index contributed by atoms with van der Waals surface area (Å²) in [5, 5.41) is 15.8. The van der Waals surface area contributed by atoms with E-state index in [9.17, 15) is 24.0 Å². The number of imidazole rings is 1. The number of aliphatic carboxylic acids is 1. The van der Waals surface area contributed by atoms with Crippen LogP contribution in [0.4, 0.5) is 0 Å². The Balaban J connectivity index is 2.94. The van der Waals surface area contributed by atoms with Crippen LogP contribution in [-0.2, 0) is 30.4 Å². The van der Waals surface area contributed by atoms with Crippen LogP contribution in [0.25, 0.3) is 0 Å². The van der Waals surface area contributed by atoms with Crippen molar-refractivity contribution in [2.75, 3.05) is 12.3 Å². The third-order valence-electron chi connectivity index (χ3n) is 3.87. The normalized spacial score (nSPS) is 13.5. The summed E-state index contributed by atoms with van der Waals surface area (Å²) >= 11 is 3.91. The molecule has 4 amide bonds. The number of rotatable bonds is 13. The van der Waals surface area contributed by atoms with E-state index >= 15 is 0 Å². The molecule has 1 rings (SSSR count). The fourth-order valence-electron chi connectivity index (χ4n) is 2.30. The van der Waals surface area contributed by atoms with Crippen LogP contribution in [0, 0.1) is 0 Å². The summed E-state index contributed by atoms with van der Waals surface area (Å²) in [7, 11) is 0. The lowest BCUT2D eigenvalue weighted by Gasteiger charge is -2.23. The van der Waals surface area contributed by atoms with Crippen LogP contribution in [0.15, 0.2) is 12.5 Å². The lowest BCUT2D eigenvalue weighted by Crippen LogP contribution is -2.56. The van der Waals surface area contributed by atoms with Crippen LogP contribution < -0.4 is 27.4 Å². The Morgan fingerprint density at radius 1 is 1.13 bits per heavy atom. The highest BCUT2D eigenvalue weighted by Crippen LogP contribution is 2.03. The summed E-state index contributed by atoms with van der Waals surface area (Å²) in [5.74, 6) is -4.12. The van der Waals surface area contributed by atoms with Crippen molar-refractivity contribution < 1.29 is 29.1 Å². The number of nitrogens with zero attached hydrogens (tertiary/aromatic N) is 1. The number of primary amides is 1. The van der Waals surface area contributed by atoms with Crippen LogP contribution in [-0.4, -0.2) is 75.1 Å². The average Bonchev–Trinajstić information content (AvgIpc) is 3.20. The predicted molar refractivity (Wildman–Crippen MR) is 107 cm³/mol. The molecule has 0 aromatic carbocycles. The van der Waals surface area contributed by atoms with E-state index in [2.05, 4.69) is 38.5 Å². The SMILES string of the molecule is NC(=O)CCC(NC(=O)C(N)CS)C(=O)NC(Cc1cnc[nH]1)C(=O)NCC(=O)O. The minimum Gasteiger partial charge on any atom is -0.480 e. The molecule has 0 aliphatic carbocycles. The number of aromatic amines is 1. The van der Waals surface area contributed by atoms with E-state index in [0.717, 1.165) is 0 Å². The first-order chi connectivity index (χ1) is 14.1. The third kappa shape index (κ3) is 8.91. The molecule has 0 fully saturated rings. The summed E-state index contributed by atoms with van der Waals surface area (Å²) in [5.41, 5.74) is 11.2. The van der Waals surface area contributed by atoms with Crippen molar-refractivity contribution in [2.24, 2.45) is 11.5 Å². The van der Waals surface area contributed by atoms with Gasteiger partial charge in [0.1, 0.15) is 18.6 Å². The van der Waals surface area contributed by atoms with Crippen LogP contribution in [0.5, 0.6) is 0 Å². The van der Waals surface area contributed by atoms with Crippen molar-refractivity contribution in [1.29, 1.82) is 0 Å². The number of amides is 4. The highest BCUT2D eigenvalue weighted by atomic mass is 32.1. The Morgan fingerprint density at radius 2 is 1.80 bits per heavy atom. The lowest BCUT2D eigenvalue weighted by molar-refractivity contribution is -0.138. The quantitative estimate of drug-likeness (QED) is 0.143. The summed E-state index contributed by atoms with van der Waals surface area (Å²) in [4.78, 5) is 65.5. The summed E-state index contributed by atoms with van der Waals surface area (Å²) in [6.07, 6.45) is 2.45. The fraction of sp³-hybridized carbons (Fsp3) is 0.500. The van der Waals surface area contributed by atoms with Crippen molar-refractivity contribution >= 4 is 42.2 Å². The predicted octanol–water partition coefficient (Wildman–Crippen LogP) is -3.35. The molecule has 3 atom stereocenters. The molecule has 0 spiro atoms. The van der Waals surface area contributed by atoms with Gasteiger partial charge in [-0.3, -0.25) is 24.0 Å². The number of carbonyl (C=O) groups is 5. The number of carboxylic acids is 1. The third-order valence-corrected chi connectivity index (χ3v) is 4.26. The van der Waals surface area contributed by atoms with E-state index in [4.69, 9.17) is 16.6 Å². The van der Waals surface area contributed by atoms with Crippen molar-refractivity contribution in [2.45, 2.75) is 37.4 Å². The molecule has 0 radical (unpaired) electrons. The largest absolute Gasteiger partial charge is 0.480 e. The number of carbonyl (C=O) groups excluding carboxylic acids is 4. The molecule has 1 aromatic rings. The first-order valence-corrected chi connectivity index (χ1v) is 9.49. The molecule has 1 aromatic heterocycles. The van der Waals surface area contributed by atoms with Crippen LogP contribution in [0.2, 0.25) is 0 Å². The molecule has 0 bridgehead atoms. The number of hydrogen-bond acceptors (Lipinski definition) is 8. The van der Waals surface area contributed by atoms with Gasteiger partial charge in [0, 0.05) is 30.5 Å². The van der Waals surface area contributed by atoms with Gasteiger partial charge < -0.3 is 37.5 Å². The van der Waals surface area contributed by atoms with Crippen molar-refractivity contribution in [3.63, 3.8) is 0 Å². The summed E-state index contributed by atoms with van der Waals surface area (Å²) in [6, 6.07) is -3.37. The highest BCUT2D eigenvalue weighted by Gasteiger charge is 2.28. The molecule has 13 nitrogen and oxygen atoms in total. The Morgan fingerprint density at radius 3 is 2.33 bits per heavy atom. The van der Waals surface area contributed by atoms with Gasteiger partial charge in [-0.2, -0.15) is 12.6 Å². The van der Waals surface area contributed by atoms with Gasteiger partial charge in [0.05, 0.1) is 12.4 Å². The molecular weight excluding hydrogens is 418 g/mol. The smallest absolute Gasteiger partial charge is 0.322 e. The van der Waals surface area contributed by atoms with E-state index < -0.39 is 54.3 Å². The first-order valence-electron chi connectivity index (χ1n) is 8.86. The average molecular weight is 443 g/mol. The number of carboxylic acid groups (broad SMARTS) is 1. The van der Waals surface area contributed by atoms with Gasteiger partial charge >= 0.3 is 5.97 Å². The summed E-state index contributed by atoms with van der Waals surface area (Å²) in [6.45, 7) is -0.646. The zero-order valence-electron chi connectivity index (χ0n) is 16.0. The van der Waals surface area contributed by atoms with Gasteiger partial charge in [0.25, 0.3) is 0 Å². The lowest BCUT2D eigenvalue weighted by atomic mass is 10.1. The van der Waals surface area contributed by atoms with E-state index in [1.165, 1.54) is 12.5 Å². The van der Waals surface area contributed by atoms with Crippen molar-refractivity contribution in [1.82, 2.24) is 25.9 Å². The zero-order valence-corrected chi connectivity index (χ0v) is 16.9. The number of H-pyrrole nitrogens is 1. The number of nitrogens with two attached hydrogens (primary N) is 2. The van der Waals surface area contributed by atoms with E-state index in [1.807, 2.05) is 0 Å². The first kappa shape index (κ1) is 24.9. The summed E-state index contributed by atoms with van der Waals surface area (Å²) < 4.78 is 0. The molecule has 0 saturated heterocycles. The van der Waals surface area contributed by atoms with Crippen molar-refractivity contribution in [3.8, 4) is 0 Å². The maximum absolute atomic E-state index is 12.7. The molecule has 166 valence electrons. The fourth-order valence-corrected chi connectivity index (χ4v) is 2.47. The zero-order chi connectivity index (χ0) is 22.7. The molecule has 1 heterocycles. The van der Waals surface area contributed by atoms with E-state index in [0.29, 0.717) is 5.69 Å². The highest BCUT2D eigenvalue weighted by molar-refractivity contribution is 7.80. The Hall–Kier alpha value is -3.13. The van der Waals surface area contributed by atoms with Gasteiger partial charge in [-0.05, 0) is 6.42 Å². The van der Waals surface area contributed by atoms with Gasteiger partial charge in [-0.15, -0.1) is 0 Å². The topological polar surface area (TPSA) is 222 Å². The number of aromatic nitrogens is 2. The molecule has 3 unspecified atom stereocenters. The number of hydrogen-bond donors (Lipinski definition) is 8.